The Balaban J connectivity index is 3.23. The summed E-state index contributed by atoms with van der Waals surface area (Å²) in [5.74, 6) is 2.44. The van der Waals surface area contributed by atoms with Crippen molar-refractivity contribution in [3.05, 3.63) is 11.5 Å². The molecule has 0 aromatic carbocycles. The zero-order valence-corrected chi connectivity index (χ0v) is 12.9. The van der Waals surface area contributed by atoms with Gasteiger partial charge in [-0.25, -0.2) is 4.98 Å². The van der Waals surface area contributed by atoms with Gasteiger partial charge < -0.3 is 10.3 Å². The lowest BCUT2D eigenvalue weighted by atomic mass is 9.95. The molecule has 1 aromatic rings. The van der Waals surface area contributed by atoms with E-state index in [0.717, 1.165) is 36.7 Å². The highest BCUT2D eigenvalue weighted by atomic mass is 15.2. The summed E-state index contributed by atoms with van der Waals surface area (Å²) in [5.41, 5.74) is 7.45. The van der Waals surface area contributed by atoms with Crippen LogP contribution in [0.15, 0.2) is 0 Å². The lowest BCUT2D eigenvalue weighted by molar-refractivity contribution is 0.490. The maximum Gasteiger partial charge on any atom is 0.127 e. The molecule has 1 heterocycles. The third-order valence-electron chi connectivity index (χ3n) is 3.52. The zero-order chi connectivity index (χ0) is 13.9. The number of unbranched alkanes of at least 4 members (excludes halogenated alkanes) is 1. The molecule has 0 radical (unpaired) electrons. The minimum Gasteiger partial charge on any atom is -0.384 e. The molecule has 104 valence electrons. The predicted octanol–water partition coefficient (Wildman–Crippen LogP) is 4.08. The summed E-state index contributed by atoms with van der Waals surface area (Å²) in [5, 5.41) is 0. The molecule has 0 bridgehead atoms. The van der Waals surface area contributed by atoms with E-state index in [-0.39, 0.29) is 5.41 Å². The van der Waals surface area contributed by atoms with Gasteiger partial charge in [0, 0.05) is 17.9 Å². The van der Waals surface area contributed by atoms with Crippen LogP contribution < -0.4 is 5.73 Å². The molecule has 1 rings (SSSR count). The summed E-state index contributed by atoms with van der Waals surface area (Å²) in [4.78, 5) is 4.84. The molecule has 0 saturated heterocycles. The summed E-state index contributed by atoms with van der Waals surface area (Å²) in [7, 11) is 0. The molecule has 3 nitrogen and oxygen atoms in total. The molecule has 0 aliphatic rings. The molecular formula is C15H29N3. The fourth-order valence-corrected chi connectivity index (χ4v) is 2.16. The Morgan fingerprint density at radius 1 is 1.28 bits per heavy atom. The van der Waals surface area contributed by atoms with Gasteiger partial charge in [-0.15, -0.1) is 0 Å². The number of nitrogens with zero attached hydrogens (tertiary/aromatic N) is 2. The summed E-state index contributed by atoms with van der Waals surface area (Å²) in [6.07, 6.45) is 3.42. The van der Waals surface area contributed by atoms with Crippen LogP contribution >= 0.6 is 0 Å². The maximum atomic E-state index is 6.32. The standard InChI is InChI=1S/C15H29N3/c1-7-9-10-18-13(16)12(11(3)8-2)17-14(18)15(4,5)6/h11H,7-10,16H2,1-6H3. The summed E-state index contributed by atoms with van der Waals surface area (Å²) in [6, 6.07) is 0. The molecule has 1 atom stereocenters. The Kier molecular flexibility index (Phi) is 4.83. The van der Waals surface area contributed by atoms with E-state index in [9.17, 15) is 0 Å². The topological polar surface area (TPSA) is 43.8 Å². The number of aromatic nitrogens is 2. The Labute approximate surface area is 112 Å². The lowest BCUT2D eigenvalue weighted by Gasteiger charge is -2.20. The second kappa shape index (κ2) is 5.77. The van der Waals surface area contributed by atoms with Crippen LogP contribution in [0.4, 0.5) is 5.82 Å². The van der Waals surface area contributed by atoms with Crippen molar-refractivity contribution in [1.29, 1.82) is 0 Å². The molecule has 0 fully saturated rings. The monoisotopic (exact) mass is 251 g/mol. The normalized spacial score (nSPS) is 13.9. The fraction of sp³-hybridized carbons (Fsp3) is 0.800. The molecule has 1 unspecified atom stereocenters. The highest BCUT2D eigenvalue weighted by molar-refractivity contribution is 5.41. The van der Waals surface area contributed by atoms with Gasteiger partial charge in [0.2, 0.25) is 0 Å². The molecule has 2 N–H and O–H groups in total. The van der Waals surface area contributed by atoms with E-state index in [2.05, 4.69) is 46.1 Å². The van der Waals surface area contributed by atoms with Crippen LogP contribution in [-0.4, -0.2) is 9.55 Å². The Bertz CT molecular complexity index is 385. The van der Waals surface area contributed by atoms with E-state index in [1.807, 2.05) is 0 Å². The number of anilines is 1. The first-order valence-electron chi connectivity index (χ1n) is 7.19. The summed E-state index contributed by atoms with van der Waals surface area (Å²) < 4.78 is 2.23. The van der Waals surface area contributed by atoms with Gasteiger partial charge in [-0.3, -0.25) is 0 Å². The number of nitrogens with two attached hydrogens (primary N) is 1. The third kappa shape index (κ3) is 3.06. The van der Waals surface area contributed by atoms with Gasteiger partial charge in [0.1, 0.15) is 11.6 Å². The van der Waals surface area contributed by atoms with Crippen LogP contribution in [0, 0.1) is 0 Å². The molecule has 0 aliphatic heterocycles. The first kappa shape index (κ1) is 15.1. The van der Waals surface area contributed by atoms with Crippen molar-refractivity contribution in [1.82, 2.24) is 9.55 Å². The van der Waals surface area contributed by atoms with Crippen molar-refractivity contribution in [2.24, 2.45) is 0 Å². The van der Waals surface area contributed by atoms with Gasteiger partial charge >= 0.3 is 0 Å². The summed E-state index contributed by atoms with van der Waals surface area (Å²) in [6.45, 7) is 14.2. The van der Waals surface area contributed by atoms with Crippen molar-refractivity contribution >= 4 is 5.82 Å². The van der Waals surface area contributed by atoms with E-state index in [4.69, 9.17) is 10.7 Å². The smallest absolute Gasteiger partial charge is 0.127 e. The Morgan fingerprint density at radius 2 is 1.89 bits per heavy atom. The molecule has 18 heavy (non-hydrogen) atoms. The van der Waals surface area contributed by atoms with Crippen LogP contribution in [0.3, 0.4) is 0 Å². The van der Waals surface area contributed by atoms with Gasteiger partial charge in [-0.05, 0) is 12.8 Å². The first-order chi connectivity index (χ1) is 8.32. The highest BCUT2D eigenvalue weighted by Crippen LogP contribution is 2.31. The van der Waals surface area contributed by atoms with Gasteiger partial charge in [0.05, 0.1) is 5.69 Å². The van der Waals surface area contributed by atoms with Crippen molar-refractivity contribution in [3.8, 4) is 0 Å². The van der Waals surface area contributed by atoms with Crippen LogP contribution in [0.5, 0.6) is 0 Å². The minimum absolute atomic E-state index is 0.0492. The third-order valence-corrected chi connectivity index (χ3v) is 3.52. The van der Waals surface area contributed by atoms with Crippen molar-refractivity contribution in [2.75, 3.05) is 5.73 Å². The Morgan fingerprint density at radius 3 is 2.33 bits per heavy atom. The number of imidazole rings is 1. The van der Waals surface area contributed by atoms with E-state index in [0.29, 0.717) is 5.92 Å². The molecule has 0 amide bonds. The van der Waals surface area contributed by atoms with Gasteiger partial charge in [-0.1, -0.05) is 48.0 Å². The second-order valence-corrected chi connectivity index (χ2v) is 6.27. The van der Waals surface area contributed by atoms with Crippen molar-refractivity contribution in [3.63, 3.8) is 0 Å². The maximum absolute atomic E-state index is 6.32. The lowest BCUT2D eigenvalue weighted by Crippen LogP contribution is -2.20. The number of nitrogen functional groups attached to an aromatic ring is 1. The van der Waals surface area contributed by atoms with E-state index in [1.54, 1.807) is 0 Å². The SMILES string of the molecule is CCCCn1c(C(C)(C)C)nc(C(C)CC)c1N. The number of hydrogen-bond donors (Lipinski definition) is 1. The number of rotatable bonds is 5. The number of hydrogen-bond acceptors (Lipinski definition) is 2. The van der Waals surface area contributed by atoms with Crippen molar-refractivity contribution < 1.29 is 0 Å². The van der Waals surface area contributed by atoms with E-state index in [1.165, 1.54) is 6.42 Å². The minimum atomic E-state index is 0.0492. The van der Waals surface area contributed by atoms with Gasteiger partial charge in [0.15, 0.2) is 0 Å². The van der Waals surface area contributed by atoms with Gasteiger partial charge in [-0.2, -0.15) is 0 Å². The molecule has 3 heteroatoms. The predicted molar refractivity (Wildman–Crippen MR) is 79.0 cm³/mol. The molecule has 1 aromatic heterocycles. The Hall–Kier alpha value is -0.990. The average Bonchev–Trinajstić information content (AvgIpc) is 2.62. The fourth-order valence-electron chi connectivity index (χ4n) is 2.16. The largest absolute Gasteiger partial charge is 0.384 e. The molecule has 0 saturated carbocycles. The first-order valence-corrected chi connectivity index (χ1v) is 7.19. The quantitative estimate of drug-likeness (QED) is 0.857. The van der Waals surface area contributed by atoms with Crippen LogP contribution in [-0.2, 0) is 12.0 Å². The van der Waals surface area contributed by atoms with Gasteiger partial charge in [0.25, 0.3) is 0 Å². The highest BCUT2D eigenvalue weighted by Gasteiger charge is 2.26. The average molecular weight is 251 g/mol. The zero-order valence-electron chi connectivity index (χ0n) is 12.9. The molecular weight excluding hydrogens is 222 g/mol. The second-order valence-electron chi connectivity index (χ2n) is 6.27. The van der Waals surface area contributed by atoms with Crippen LogP contribution in [0.25, 0.3) is 0 Å². The summed E-state index contributed by atoms with van der Waals surface area (Å²) >= 11 is 0. The molecule has 0 spiro atoms. The van der Waals surface area contributed by atoms with Crippen LogP contribution in [0.1, 0.15) is 78.2 Å². The van der Waals surface area contributed by atoms with Crippen LogP contribution in [0.2, 0.25) is 0 Å². The molecule has 0 aliphatic carbocycles. The van der Waals surface area contributed by atoms with E-state index >= 15 is 0 Å². The van der Waals surface area contributed by atoms with E-state index < -0.39 is 0 Å². The van der Waals surface area contributed by atoms with Crippen molar-refractivity contribution in [2.45, 2.75) is 78.7 Å².